The third-order valence-corrected chi connectivity index (χ3v) is 2.80. The third-order valence-electron chi connectivity index (χ3n) is 2.57. The van der Waals surface area contributed by atoms with Crippen LogP contribution < -0.4 is 0 Å². The molecule has 0 heterocycles. The summed E-state index contributed by atoms with van der Waals surface area (Å²) in [6.45, 7) is 6.79. The first-order valence-electron chi connectivity index (χ1n) is 5.39. The van der Waals surface area contributed by atoms with Gasteiger partial charge in [0.15, 0.2) is 0 Å². The molecule has 0 aliphatic carbocycles. The zero-order chi connectivity index (χ0) is 10.6. The third kappa shape index (κ3) is 3.34. The van der Waals surface area contributed by atoms with Crippen molar-refractivity contribution in [3.8, 4) is 0 Å². The van der Waals surface area contributed by atoms with E-state index in [1.807, 2.05) is 12.1 Å². The van der Waals surface area contributed by atoms with Gasteiger partial charge in [0, 0.05) is 5.02 Å². The molecule has 0 fully saturated rings. The molecule has 1 heteroatoms. The summed E-state index contributed by atoms with van der Waals surface area (Å²) in [5, 5.41) is 0.852. The van der Waals surface area contributed by atoms with Crippen molar-refractivity contribution in [3.05, 3.63) is 34.9 Å². The van der Waals surface area contributed by atoms with Gasteiger partial charge < -0.3 is 0 Å². The van der Waals surface area contributed by atoms with Gasteiger partial charge in [0.2, 0.25) is 0 Å². The van der Waals surface area contributed by atoms with Crippen molar-refractivity contribution in [3.63, 3.8) is 0 Å². The van der Waals surface area contributed by atoms with Crippen LogP contribution in [0.1, 0.15) is 45.1 Å². The lowest BCUT2D eigenvalue weighted by atomic mass is 9.88. The molecule has 14 heavy (non-hydrogen) atoms. The van der Waals surface area contributed by atoms with E-state index in [4.69, 9.17) is 11.6 Å². The van der Waals surface area contributed by atoms with Crippen molar-refractivity contribution in [2.75, 3.05) is 0 Å². The molecule has 0 saturated heterocycles. The average molecular weight is 211 g/mol. The van der Waals surface area contributed by atoms with E-state index in [1.165, 1.54) is 18.4 Å². The zero-order valence-corrected chi connectivity index (χ0v) is 10.0. The Morgan fingerprint density at radius 3 is 2.50 bits per heavy atom. The Labute approximate surface area is 92.3 Å². The van der Waals surface area contributed by atoms with E-state index >= 15 is 0 Å². The molecule has 0 aromatic heterocycles. The number of hydrogen-bond donors (Lipinski definition) is 0. The van der Waals surface area contributed by atoms with Crippen LogP contribution in [0.4, 0.5) is 0 Å². The minimum absolute atomic E-state index is 0.661. The molecule has 0 spiro atoms. The maximum Gasteiger partial charge on any atom is 0.0408 e. The summed E-state index contributed by atoms with van der Waals surface area (Å²) in [6.07, 6.45) is 2.44. The molecule has 0 saturated carbocycles. The maximum absolute atomic E-state index is 5.98. The fourth-order valence-electron chi connectivity index (χ4n) is 1.87. The highest BCUT2D eigenvalue weighted by Crippen LogP contribution is 2.28. The first kappa shape index (κ1) is 11.6. The van der Waals surface area contributed by atoms with Crippen LogP contribution in [-0.4, -0.2) is 0 Å². The topological polar surface area (TPSA) is 0 Å². The van der Waals surface area contributed by atoms with Gasteiger partial charge in [0.25, 0.3) is 0 Å². The van der Waals surface area contributed by atoms with Crippen LogP contribution in [0.3, 0.4) is 0 Å². The Morgan fingerprint density at radius 1 is 1.29 bits per heavy atom. The summed E-state index contributed by atoms with van der Waals surface area (Å²) in [4.78, 5) is 0. The first-order valence-corrected chi connectivity index (χ1v) is 5.76. The molecule has 0 aliphatic rings. The van der Waals surface area contributed by atoms with Crippen LogP contribution in [0, 0.1) is 5.92 Å². The molecule has 0 radical (unpaired) electrons. The Balaban J connectivity index is 2.78. The number of hydrogen-bond acceptors (Lipinski definition) is 0. The van der Waals surface area contributed by atoms with Gasteiger partial charge in [-0.1, -0.05) is 44.5 Å². The van der Waals surface area contributed by atoms with E-state index < -0.39 is 0 Å². The van der Waals surface area contributed by atoms with E-state index in [9.17, 15) is 0 Å². The SMILES string of the molecule is CC[C@@H](CC(C)C)c1cccc(Cl)c1. The molecule has 0 bridgehead atoms. The molecule has 78 valence electrons. The predicted molar refractivity (Wildman–Crippen MR) is 63.9 cm³/mol. The van der Waals surface area contributed by atoms with Crippen molar-refractivity contribution in [1.82, 2.24) is 0 Å². The molecule has 0 aliphatic heterocycles. The van der Waals surface area contributed by atoms with Crippen molar-refractivity contribution >= 4 is 11.6 Å². The van der Waals surface area contributed by atoms with E-state index in [-0.39, 0.29) is 0 Å². The second kappa shape index (κ2) is 5.41. The Hall–Kier alpha value is -0.490. The van der Waals surface area contributed by atoms with Gasteiger partial charge in [-0.25, -0.2) is 0 Å². The molecule has 1 aromatic carbocycles. The lowest BCUT2D eigenvalue weighted by Crippen LogP contribution is -2.01. The van der Waals surface area contributed by atoms with Crippen LogP contribution >= 0.6 is 11.6 Å². The summed E-state index contributed by atoms with van der Waals surface area (Å²) >= 11 is 5.98. The molecule has 1 atom stereocenters. The Kier molecular flexibility index (Phi) is 4.47. The summed E-state index contributed by atoms with van der Waals surface area (Å²) in [7, 11) is 0. The van der Waals surface area contributed by atoms with Crippen LogP contribution in [-0.2, 0) is 0 Å². The zero-order valence-electron chi connectivity index (χ0n) is 9.26. The van der Waals surface area contributed by atoms with Crippen molar-refractivity contribution in [2.45, 2.75) is 39.5 Å². The molecule has 1 aromatic rings. The first-order chi connectivity index (χ1) is 6.63. The highest BCUT2D eigenvalue weighted by atomic mass is 35.5. The number of rotatable bonds is 4. The number of halogens is 1. The lowest BCUT2D eigenvalue weighted by molar-refractivity contribution is 0.489. The van der Waals surface area contributed by atoms with Crippen LogP contribution in [0.5, 0.6) is 0 Å². The van der Waals surface area contributed by atoms with Crippen LogP contribution in [0.2, 0.25) is 5.02 Å². The quantitative estimate of drug-likeness (QED) is 0.665. The lowest BCUT2D eigenvalue weighted by Gasteiger charge is -2.17. The largest absolute Gasteiger partial charge is 0.0843 e. The second-order valence-electron chi connectivity index (χ2n) is 4.29. The van der Waals surface area contributed by atoms with E-state index in [1.54, 1.807) is 0 Å². The van der Waals surface area contributed by atoms with E-state index in [2.05, 4.69) is 32.9 Å². The number of benzene rings is 1. The highest BCUT2D eigenvalue weighted by Gasteiger charge is 2.11. The van der Waals surface area contributed by atoms with Gasteiger partial charge in [-0.05, 0) is 42.4 Å². The normalized spacial score (nSPS) is 13.2. The summed E-state index contributed by atoms with van der Waals surface area (Å²) in [5.41, 5.74) is 1.38. The molecular weight excluding hydrogens is 192 g/mol. The second-order valence-corrected chi connectivity index (χ2v) is 4.73. The van der Waals surface area contributed by atoms with Gasteiger partial charge in [0.1, 0.15) is 0 Å². The van der Waals surface area contributed by atoms with E-state index in [0.717, 1.165) is 10.9 Å². The Bertz CT molecular complexity index is 278. The molecule has 0 unspecified atom stereocenters. The summed E-state index contributed by atoms with van der Waals surface area (Å²) in [6, 6.07) is 8.26. The average Bonchev–Trinajstić information content (AvgIpc) is 2.14. The fraction of sp³-hybridized carbons (Fsp3) is 0.538. The molecule has 0 nitrogen and oxygen atoms in total. The molecule has 1 rings (SSSR count). The molecule has 0 N–H and O–H groups in total. The van der Waals surface area contributed by atoms with Crippen molar-refractivity contribution < 1.29 is 0 Å². The van der Waals surface area contributed by atoms with Crippen LogP contribution in [0.15, 0.2) is 24.3 Å². The molecular formula is C13H19Cl. The monoisotopic (exact) mass is 210 g/mol. The smallest absolute Gasteiger partial charge is 0.0408 e. The van der Waals surface area contributed by atoms with Gasteiger partial charge in [-0.3, -0.25) is 0 Å². The van der Waals surface area contributed by atoms with Gasteiger partial charge >= 0.3 is 0 Å². The van der Waals surface area contributed by atoms with E-state index in [0.29, 0.717) is 5.92 Å². The Morgan fingerprint density at radius 2 is 2.00 bits per heavy atom. The van der Waals surface area contributed by atoms with Gasteiger partial charge in [-0.2, -0.15) is 0 Å². The maximum atomic E-state index is 5.98. The van der Waals surface area contributed by atoms with Crippen molar-refractivity contribution in [1.29, 1.82) is 0 Å². The fourth-order valence-corrected chi connectivity index (χ4v) is 2.07. The summed E-state index contributed by atoms with van der Waals surface area (Å²) in [5.74, 6) is 1.41. The summed E-state index contributed by atoms with van der Waals surface area (Å²) < 4.78 is 0. The van der Waals surface area contributed by atoms with Crippen molar-refractivity contribution in [2.24, 2.45) is 5.92 Å². The van der Waals surface area contributed by atoms with Gasteiger partial charge in [-0.15, -0.1) is 0 Å². The van der Waals surface area contributed by atoms with Crippen LogP contribution in [0.25, 0.3) is 0 Å². The predicted octanol–water partition coefficient (Wildman–Crippen LogP) is 4.88. The minimum Gasteiger partial charge on any atom is -0.0843 e. The minimum atomic E-state index is 0.661. The highest BCUT2D eigenvalue weighted by molar-refractivity contribution is 6.30. The standard InChI is InChI=1S/C13H19Cl/c1-4-11(8-10(2)3)12-6-5-7-13(14)9-12/h5-7,9-11H,4,8H2,1-3H3/t11-/m0/s1. The van der Waals surface area contributed by atoms with Gasteiger partial charge in [0.05, 0.1) is 0 Å². The molecule has 0 amide bonds.